The molecule has 0 spiro atoms. The van der Waals surface area contributed by atoms with Gasteiger partial charge >= 0.3 is 12.0 Å². The molecule has 0 saturated carbocycles. The van der Waals surface area contributed by atoms with Crippen LogP contribution in [0, 0.1) is 25.5 Å². The fourth-order valence-electron chi connectivity index (χ4n) is 3.12. The number of aliphatic carboxylic acids is 1. The standard InChI is InChI=1S/C23H19F2N3O5/c1-11-5-13(6-12(2)18(11)33-23(3,4)21(29)30)19-27-17-10-26-22(28-20(17)32-19)31-16-8-14(24)7-15(25)9-16/h5-10H,1-4H3,(H,29,30). The number of oxazole rings is 1. The summed E-state index contributed by atoms with van der Waals surface area (Å²) in [6.45, 7) is 6.52. The largest absolute Gasteiger partial charge is 0.478 e. The van der Waals surface area contributed by atoms with Gasteiger partial charge in [-0.1, -0.05) is 0 Å². The second-order valence-electron chi connectivity index (χ2n) is 7.93. The normalized spacial score (nSPS) is 11.6. The Balaban J connectivity index is 1.64. The molecule has 0 fully saturated rings. The molecule has 4 rings (SSSR count). The van der Waals surface area contributed by atoms with E-state index in [0.717, 1.165) is 18.2 Å². The highest BCUT2D eigenvalue weighted by atomic mass is 19.1. The Morgan fingerprint density at radius 3 is 2.27 bits per heavy atom. The number of carboxylic acids is 1. The van der Waals surface area contributed by atoms with E-state index in [4.69, 9.17) is 13.9 Å². The third-order valence-electron chi connectivity index (χ3n) is 4.75. The molecule has 1 N–H and O–H groups in total. The van der Waals surface area contributed by atoms with Gasteiger partial charge in [-0.25, -0.2) is 23.5 Å². The number of hydrogen-bond acceptors (Lipinski definition) is 7. The van der Waals surface area contributed by atoms with E-state index in [9.17, 15) is 18.7 Å². The van der Waals surface area contributed by atoms with Gasteiger partial charge in [0.1, 0.15) is 28.7 Å². The van der Waals surface area contributed by atoms with E-state index in [0.29, 0.717) is 28.0 Å². The summed E-state index contributed by atoms with van der Waals surface area (Å²) in [5.41, 5.74) is 1.10. The number of rotatable bonds is 6. The van der Waals surface area contributed by atoms with Gasteiger partial charge in [0.15, 0.2) is 5.60 Å². The molecule has 4 aromatic rings. The van der Waals surface area contributed by atoms with Crippen molar-refractivity contribution in [2.45, 2.75) is 33.3 Å². The highest BCUT2D eigenvalue weighted by Gasteiger charge is 2.30. The smallest absolute Gasteiger partial charge is 0.347 e. The number of halogens is 2. The van der Waals surface area contributed by atoms with Gasteiger partial charge < -0.3 is 19.0 Å². The molecular weight excluding hydrogens is 436 g/mol. The molecule has 2 heterocycles. The van der Waals surface area contributed by atoms with Gasteiger partial charge in [0.25, 0.3) is 5.71 Å². The number of carboxylic acid groups (broad SMARTS) is 1. The van der Waals surface area contributed by atoms with Gasteiger partial charge in [-0.05, 0) is 51.0 Å². The van der Waals surface area contributed by atoms with Gasteiger partial charge in [0.05, 0.1) is 6.20 Å². The molecule has 170 valence electrons. The van der Waals surface area contributed by atoms with Crippen molar-refractivity contribution >= 4 is 17.2 Å². The average molecular weight is 455 g/mol. The highest BCUT2D eigenvalue weighted by Crippen LogP contribution is 2.33. The number of carbonyl (C=O) groups is 1. The zero-order valence-corrected chi connectivity index (χ0v) is 18.1. The second kappa shape index (κ2) is 8.12. The summed E-state index contributed by atoms with van der Waals surface area (Å²) >= 11 is 0. The number of aromatic nitrogens is 3. The number of hydrogen-bond donors (Lipinski definition) is 1. The van der Waals surface area contributed by atoms with E-state index in [-0.39, 0.29) is 23.4 Å². The fraction of sp³-hybridized carbons (Fsp3) is 0.217. The van der Waals surface area contributed by atoms with E-state index < -0.39 is 23.2 Å². The van der Waals surface area contributed by atoms with Crippen molar-refractivity contribution < 1.29 is 32.6 Å². The number of benzene rings is 2. The quantitative estimate of drug-likeness (QED) is 0.422. The lowest BCUT2D eigenvalue weighted by molar-refractivity contribution is -0.152. The summed E-state index contributed by atoms with van der Waals surface area (Å²) in [5.74, 6) is -2.06. The monoisotopic (exact) mass is 455 g/mol. The van der Waals surface area contributed by atoms with Gasteiger partial charge in [0, 0.05) is 23.8 Å². The molecule has 33 heavy (non-hydrogen) atoms. The van der Waals surface area contributed by atoms with Crippen LogP contribution in [-0.4, -0.2) is 31.6 Å². The summed E-state index contributed by atoms with van der Waals surface area (Å²) in [6.07, 6.45) is 1.37. The van der Waals surface area contributed by atoms with Crippen molar-refractivity contribution in [1.29, 1.82) is 0 Å². The number of aryl methyl sites for hydroxylation is 2. The van der Waals surface area contributed by atoms with Crippen molar-refractivity contribution in [3.8, 4) is 29.0 Å². The number of ether oxygens (including phenoxy) is 2. The summed E-state index contributed by atoms with van der Waals surface area (Å²) in [7, 11) is 0. The fourth-order valence-corrected chi connectivity index (χ4v) is 3.12. The third-order valence-corrected chi connectivity index (χ3v) is 4.75. The molecule has 0 amide bonds. The molecule has 0 aliphatic rings. The minimum Gasteiger partial charge on any atom is -0.478 e. The van der Waals surface area contributed by atoms with E-state index in [1.165, 1.54) is 20.0 Å². The molecule has 0 aliphatic heterocycles. The van der Waals surface area contributed by atoms with Crippen LogP contribution < -0.4 is 9.47 Å². The zero-order chi connectivity index (χ0) is 23.9. The highest BCUT2D eigenvalue weighted by molar-refractivity contribution is 5.77. The van der Waals surface area contributed by atoms with E-state index in [1.807, 2.05) is 0 Å². The third kappa shape index (κ3) is 4.59. The number of fused-ring (bicyclic) bond motifs is 1. The molecule has 8 nitrogen and oxygen atoms in total. The van der Waals surface area contributed by atoms with Crippen molar-refractivity contribution in [2.75, 3.05) is 0 Å². The molecule has 2 aromatic heterocycles. The van der Waals surface area contributed by atoms with E-state index in [1.54, 1.807) is 26.0 Å². The minimum atomic E-state index is -1.40. The predicted octanol–water partition coefficient (Wildman–Crippen LogP) is 5.21. The lowest BCUT2D eigenvalue weighted by Crippen LogP contribution is -2.38. The molecule has 0 saturated heterocycles. The van der Waals surface area contributed by atoms with Crippen LogP contribution in [0.5, 0.6) is 17.5 Å². The maximum atomic E-state index is 13.4. The van der Waals surface area contributed by atoms with E-state index in [2.05, 4.69) is 15.0 Å². The van der Waals surface area contributed by atoms with Gasteiger partial charge in [0.2, 0.25) is 5.89 Å². The lowest BCUT2D eigenvalue weighted by Gasteiger charge is -2.24. The Morgan fingerprint density at radius 2 is 1.67 bits per heavy atom. The average Bonchev–Trinajstić information content (AvgIpc) is 3.13. The predicted molar refractivity (Wildman–Crippen MR) is 113 cm³/mol. The number of nitrogens with zero attached hydrogens (tertiary/aromatic N) is 3. The van der Waals surface area contributed by atoms with Crippen LogP contribution in [0.15, 0.2) is 40.9 Å². The van der Waals surface area contributed by atoms with Gasteiger partial charge in [-0.2, -0.15) is 4.98 Å². The maximum Gasteiger partial charge on any atom is 0.347 e. The first kappa shape index (κ1) is 22.1. The molecule has 2 aromatic carbocycles. The molecule has 10 heteroatoms. The first-order chi connectivity index (χ1) is 15.5. The van der Waals surface area contributed by atoms with Gasteiger partial charge in [-0.3, -0.25) is 0 Å². The van der Waals surface area contributed by atoms with Crippen LogP contribution in [0.4, 0.5) is 8.78 Å². The van der Waals surface area contributed by atoms with Crippen LogP contribution in [0.3, 0.4) is 0 Å². The van der Waals surface area contributed by atoms with Crippen LogP contribution in [-0.2, 0) is 4.79 Å². The second-order valence-corrected chi connectivity index (χ2v) is 7.93. The molecule has 0 aliphatic carbocycles. The Hall–Kier alpha value is -4.08. The minimum absolute atomic E-state index is 0.0993. The summed E-state index contributed by atoms with van der Waals surface area (Å²) in [4.78, 5) is 23.9. The van der Waals surface area contributed by atoms with Crippen molar-refractivity contribution in [3.63, 3.8) is 0 Å². The summed E-state index contributed by atoms with van der Waals surface area (Å²) < 4.78 is 43.5. The molecule has 0 atom stereocenters. The van der Waals surface area contributed by atoms with Crippen LogP contribution >= 0.6 is 0 Å². The van der Waals surface area contributed by atoms with E-state index >= 15 is 0 Å². The molecule has 0 radical (unpaired) electrons. The maximum absolute atomic E-state index is 13.4. The van der Waals surface area contributed by atoms with Crippen LogP contribution in [0.1, 0.15) is 25.0 Å². The zero-order valence-electron chi connectivity index (χ0n) is 18.1. The SMILES string of the molecule is Cc1cc(-c2nc3cnc(Oc4cc(F)cc(F)c4)nc3o2)cc(C)c1OC(C)(C)C(=O)O. The first-order valence-corrected chi connectivity index (χ1v) is 9.83. The summed E-state index contributed by atoms with van der Waals surface area (Å²) in [5, 5.41) is 9.33. The van der Waals surface area contributed by atoms with Crippen LogP contribution in [0.25, 0.3) is 22.7 Å². The Kier molecular flexibility index (Phi) is 5.44. The van der Waals surface area contributed by atoms with Crippen molar-refractivity contribution in [3.05, 3.63) is 59.3 Å². The summed E-state index contributed by atoms with van der Waals surface area (Å²) in [6, 6.07) is 6.08. The van der Waals surface area contributed by atoms with Crippen molar-refractivity contribution in [2.24, 2.45) is 0 Å². The van der Waals surface area contributed by atoms with Crippen LogP contribution in [0.2, 0.25) is 0 Å². The van der Waals surface area contributed by atoms with Gasteiger partial charge in [-0.15, -0.1) is 0 Å². The van der Waals surface area contributed by atoms with Crippen molar-refractivity contribution in [1.82, 2.24) is 15.0 Å². The lowest BCUT2D eigenvalue weighted by atomic mass is 10.0. The Bertz CT molecular complexity index is 1340. The topological polar surface area (TPSA) is 108 Å². The molecule has 0 unspecified atom stereocenters. The molecule has 0 bridgehead atoms. The first-order valence-electron chi connectivity index (χ1n) is 9.83. The Morgan fingerprint density at radius 1 is 1.03 bits per heavy atom. The molecular formula is C23H19F2N3O5. The Labute approximate surface area is 186 Å².